The average molecular weight is 518 g/mol. The molecule has 0 atom stereocenters. The van der Waals surface area contributed by atoms with Crippen LogP contribution in [0.1, 0.15) is 48.8 Å². The molecule has 0 bridgehead atoms. The smallest absolute Gasteiger partial charge is 0.224 e. The molecule has 1 amide bonds. The molecule has 2 aromatic carbocycles. The molecule has 1 saturated heterocycles. The molecule has 0 unspecified atom stereocenters. The number of anilines is 2. The Balaban J connectivity index is 0.00000280. The van der Waals surface area contributed by atoms with Gasteiger partial charge in [-0.25, -0.2) is 15.0 Å². The second-order valence-electron chi connectivity index (χ2n) is 9.87. The Hall–Kier alpha value is -3.49. The number of carbonyl (C=O) groups excluding carboxylic acids is 1. The number of nitrogens with zero attached hydrogens (tertiary/aromatic N) is 4. The lowest BCUT2D eigenvalue weighted by Crippen LogP contribution is -2.45. The minimum atomic E-state index is 0. The number of carbonyl (C=O) groups is 1. The van der Waals surface area contributed by atoms with Gasteiger partial charge in [-0.3, -0.25) is 4.79 Å². The van der Waals surface area contributed by atoms with Gasteiger partial charge in [0.05, 0.1) is 12.7 Å². The lowest BCUT2D eigenvalue weighted by atomic mass is 9.86. The zero-order valence-corrected chi connectivity index (χ0v) is 21.5. The van der Waals surface area contributed by atoms with Gasteiger partial charge in [0, 0.05) is 17.8 Å². The van der Waals surface area contributed by atoms with Crippen molar-refractivity contribution in [3.8, 4) is 0 Å². The molecule has 6 rings (SSSR count). The lowest BCUT2D eigenvalue weighted by molar-refractivity contribution is -0.121. The fourth-order valence-electron chi connectivity index (χ4n) is 5.33. The molecule has 4 aromatic rings. The number of nitrogens with one attached hydrogen (secondary N) is 3. The minimum absolute atomic E-state index is 0. The molecule has 0 spiro atoms. The normalized spacial score (nSPS) is 19.6. The van der Waals surface area contributed by atoms with Crippen molar-refractivity contribution in [2.24, 2.45) is 0 Å². The first-order chi connectivity index (χ1) is 17.7. The molecule has 8 nitrogen and oxygen atoms in total. The van der Waals surface area contributed by atoms with E-state index >= 15 is 0 Å². The Labute approximate surface area is 222 Å². The third kappa shape index (κ3) is 5.60. The summed E-state index contributed by atoms with van der Waals surface area (Å²) in [6, 6.07) is 19.0. The predicted octanol–water partition coefficient (Wildman–Crippen LogP) is 4.52. The van der Waals surface area contributed by atoms with Crippen LogP contribution in [0.5, 0.6) is 0 Å². The quantitative estimate of drug-likeness (QED) is 0.333. The van der Waals surface area contributed by atoms with Crippen LogP contribution in [-0.2, 0) is 11.2 Å². The maximum atomic E-state index is 12.4. The van der Waals surface area contributed by atoms with E-state index < -0.39 is 0 Å². The Kier molecular flexibility index (Phi) is 7.67. The van der Waals surface area contributed by atoms with Gasteiger partial charge in [-0.1, -0.05) is 42.5 Å². The molecule has 1 aliphatic carbocycles. The summed E-state index contributed by atoms with van der Waals surface area (Å²) in [5.41, 5.74) is 5.00. The van der Waals surface area contributed by atoms with Gasteiger partial charge in [0.1, 0.15) is 6.33 Å². The van der Waals surface area contributed by atoms with Crippen molar-refractivity contribution in [2.45, 2.75) is 50.1 Å². The first-order valence-corrected chi connectivity index (χ1v) is 12.8. The van der Waals surface area contributed by atoms with Crippen LogP contribution in [0.3, 0.4) is 0 Å². The summed E-state index contributed by atoms with van der Waals surface area (Å²) in [6.07, 6.45) is 7.97. The molecule has 0 radical (unpaired) electrons. The predicted molar refractivity (Wildman–Crippen MR) is 147 cm³/mol. The molecule has 1 aliphatic heterocycles. The van der Waals surface area contributed by atoms with Crippen LogP contribution < -0.4 is 16.0 Å². The molecule has 2 aliphatic rings. The van der Waals surface area contributed by atoms with Crippen molar-refractivity contribution in [3.05, 3.63) is 78.4 Å². The Bertz CT molecular complexity index is 1330. The number of imidazole rings is 1. The maximum absolute atomic E-state index is 12.4. The number of hydrogen-bond acceptors (Lipinski definition) is 6. The standard InChI is InChI=1S/C28H31N7O.ClH/c36-25(14-19-4-2-1-3-5-19)33-23-15-24(16-23)35-18-32-26-27(30-17-31-28(26)35)34-22-8-6-20(7-9-22)21-10-12-29-13-11-21;/h1-9,17-18,21,23-24,29H,10-16H2,(H,33,36)(H,30,31,34);1H. The Morgan fingerprint density at radius 3 is 2.49 bits per heavy atom. The highest BCUT2D eigenvalue weighted by atomic mass is 35.5. The molecule has 3 heterocycles. The van der Waals surface area contributed by atoms with E-state index in [1.165, 1.54) is 18.4 Å². The van der Waals surface area contributed by atoms with E-state index in [0.717, 1.165) is 48.3 Å². The molecular formula is C28H32ClN7O. The maximum Gasteiger partial charge on any atom is 0.224 e. The molecule has 192 valence electrons. The number of fused-ring (bicyclic) bond motifs is 1. The number of benzene rings is 2. The second-order valence-corrected chi connectivity index (χ2v) is 9.87. The van der Waals surface area contributed by atoms with Crippen LogP contribution in [0.25, 0.3) is 11.2 Å². The molecule has 9 heteroatoms. The van der Waals surface area contributed by atoms with E-state index in [4.69, 9.17) is 0 Å². The number of rotatable bonds is 7. The number of amides is 1. The SMILES string of the molecule is Cl.O=C(Cc1ccccc1)NC1CC(n2cnc3c(Nc4ccc(C5CCNCC5)cc4)ncnc32)C1. The average Bonchev–Trinajstić information content (AvgIpc) is 3.32. The van der Waals surface area contributed by atoms with E-state index in [1.807, 2.05) is 36.7 Å². The van der Waals surface area contributed by atoms with Crippen LogP contribution in [-0.4, -0.2) is 44.6 Å². The third-order valence-electron chi connectivity index (χ3n) is 7.42. The highest BCUT2D eigenvalue weighted by Gasteiger charge is 2.33. The van der Waals surface area contributed by atoms with Crippen molar-refractivity contribution in [1.82, 2.24) is 30.2 Å². The van der Waals surface area contributed by atoms with Crippen molar-refractivity contribution in [1.29, 1.82) is 0 Å². The van der Waals surface area contributed by atoms with Gasteiger partial charge in [0.15, 0.2) is 17.0 Å². The fraction of sp³-hybridized carbons (Fsp3) is 0.357. The Morgan fingerprint density at radius 2 is 1.73 bits per heavy atom. The van der Waals surface area contributed by atoms with Crippen molar-refractivity contribution >= 4 is 41.0 Å². The van der Waals surface area contributed by atoms with Crippen molar-refractivity contribution in [3.63, 3.8) is 0 Å². The number of aromatic nitrogens is 4. The van der Waals surface area contributed by atoms with E-state index in [-0.39, 0.29) is 30.4 Å². The molecule has 37 heavy (non-hydrogen) atoms. The Morgan fingerprint density at radius 1 is 0.973 bits per heavy atom. The van der Waals surface area contributed by atoms with Crippen LogP contribution in [0.4, 0.5) is 11.5 Å². The molecule has 1 saturated carbocycles. The van der Waals surface area contributed by atoms with E-state index in [9.17, 15) is 4.79 Å². The first kappa shape index (κ1) is 25.2. The summed E-state index contributed by atoms with van der Waals surface area (Å²) in [4.78, 5) is 26.0. The molecular weight excluding hydrogens is 486 g/mol. The summed E-state index contributed by atoms with van der Waals surface area (Å²) in [5, 5.41) is 10.0. The largest absolute Gasteiger partial charge is 0.353 e. The van der Waals surface area contributed by atoms with Crippen LogP contribution in [0.15, 0.2) is 67.3 Å². The van der Waals surface area contributed by atoms with Crippen molar-refractivity contribution < 1.29 is 4.79 Å². The van der Waals surface area contributed by atoms with Crippen LogP contribution in [0.2, 0.25) is 0 Å². The zero-order chi connectivity index (χ0) is 24.3. The van der Waals surface area contributed by atoms with Gasteiger partial charge in [0.2, 0.25) is 5.91 Å². The van der Waals surface area contributed by atoms with Gasteiger partial charge in [-0.2, -0.15) is 0 Å². The summed E-state index contributed by atoms with van der Waals surface area (Å²) >= 11 is 0. The summed E-state index contributed by atoms with van der Waals surface area (Å²) < 4.78 is 2.11. The van der Waals surface area contributed by atoms with Gasteiger partial charge in [-0.15, -0.1) is 12.4 Å². The van der Waals surface area contributed by atoms with E-state index in [0.29, 0.717) is 18.2 Å². The highest BCUT2D eigenvalue weighted by Crippen LogP contribution is 2.35. The molecule has 2 aromatic heterocycles. The fourth-order valence-corrected chi connectivity index (χ4v) is 5.33. The summed E-state index contributed by atoms with van der Waals surface area (Å²) in [5.74, 6) is 1.41. The van der Waals surface area contributed by atoms with Crippen LogP contribution in [0, 0.1) is 0 Å². The minimum Gasteiger partial charge on any atom is -0.353 e. The number of hydrogen-bond donors (Lipinski definition) is 3. The zero-order valence-electron chi connectivity index (χ0n) is 20.6. The van der Waals surface area contributed by atoms with E-state index in [1.54, 1.807) is 6.33 Å². The summed E-state index contributed by atoms with van der Waals surface area (Å²) in [6.45, 7) is 2.18. The lowest BCUT2D eigenvalue weighted by Gasteiger charge is -2.36. The number of piperidine rings is 1. The monoisotopic (exact) mass is 517 g/mol. The van der Waals surface area contributed by atoms with Crippen molar-refractivity contribution in [2.75, 3.05) is 18.4 Å². The van der Waals surface area contributed by atoms with Crippen LogP contribution >= 0.6 is 12.4 Å². The number of halogens is 1. The van der Waals surface area contributed by atoms with Gasteiger partial charge in [-0.05, 0) is 68.0 Å². The highest BCUT2D eigenvalue weighted by molar-refractivity contribution is 5.86. The molecule has 2 fully saturated rings. The first-order valence-electron chi connectivity index (χ1n) is 12.8. The summed E-state index contributed by atoms with van der Waals surface area (Å²) in [7, 11) is 0. The molecule has 3 N–H and O–H groups in total. The van der Waals surface area contributed by atoms with Gasteiger partial charge >= 0.3 is 0 Å². The second kappa shape index (κ2) is 11.3. The third-order valence-corrected chi connectivity index (χ3v) is 7.42. The van der Waals surface area contributed by atoms with Gasteiger partial charge < -0.3 is 20.5 Å². The van der Waals surface area contributed by atoms with E-state index in [2.05, 4.69) is 59.7 Å². The van der Waals surface area contributed by atoms with Gasteiger partial charge in [0.25, 0.3) is 0 Å². The topological polar surface area (TPSA) is 96.8 Å².